The molecule has 0 aliphatic carbocycles. The number of anilines is 2. The van der Waals surface area contributed by atoms with Crippen LogP contribution in [-0.4, -0.2) is 17.4 Å². The molecule has 0 spiro atoms. The number of nitrogens with zero attached hydrogens (tertiary/aromatic N) is 2. The number of carbonyl (C=O) groups excluding carboxylic acids is 1. The third-order valence-electron chi connectivity index (χ3n) is 2.72. The zero-order valence-corrected chi connectivity index (χ0v) is 10.2. The lowest BCUT2D eigenvalue weighted by molar-refractivity contribution is 0.0988. The summed E-state index contributed by atoms with van der Waals surface area (Å²) in [6, 6.07) is 10.8. The molecule has 0 bridgehead atoms. The molecule has 4 nitrogen and oxygen atoms in total. The van der Waals surface area contributed by atoms with Gasteiger partial charge in [-0.15, -0.1) is 0 Å². The van der Waals surface area contributed by atoms with Crippen LogP contribution in [0.15, 0.2) is 48.8 Å². The van der Waals surface area contributed by atoms with Gasteiger partial charge in [-0.05, 0) is 31.2 Å². The summed E-state index contributed by atoms with van der Waals surface area (Å²) >= 11 is 0. The van der Waals surface area contributed by atoms with Crippen molar-refractivity contribution in [2.45, 2.75) is 6.92 Å². The Balaban J connectivity index is 2.36. The van der Waals surface area contributed by atoms with Crippen LogP contribution in [-0.2, 0) is 0 Å². The van der Waals surface area contributed by atoms with Gasteiger partial charge in [-0.2, -0.15) is 0 Å². The van der Waals surface area contributed by atoms with Crippen LogP contribution in [0.1, 0.15) is 17.3 Å². The van der Waals surface area contributed by atoms with E-state index in [1.807, 2.05) is 25.1 Å². The maximum Gasteiger partial charge on any atom is 0.258 e. The molecule has 0 atom stereocenters. The summed E-state index contributed by atoms with van der Waals surface area (Å²) in [5.41, 5.74) is 7.85. The lowest BCUT2D eigenvalue weighted by Crippen LogP contribution is -2.31. The molecule has 0 saturated heterocycles. The molecule has 1 heterocycles. The molecule has 4 heteroatoms. The van der Waals surface area contributed by atoms with Crippen LogP contribution < -0.4 is 10.6 Å². The van der Waals surface area contributed by atoms with E-state index in [2.05, 4.69) is 4.98 Å². The normalized spacial score (nSPS) is 10.1. The van der Waals surface area contributed by atoms with Crippen molar-refractivity contribution in [2.75, 3.05) is 17.2 Å². The van der Waals surface area contributed by atoms with Crippen LogP contribution in [0.3, 0.4) is 0 Å². The van der Waals surface area contributed by atoms with Gasteiger partial charge in [0.2, 0.25) is 0 Å². The Bertz CT molecular complexity index is 540. The molecule has 2 rings (SSSR count). The number of hydrogen-bond acceptors (Lipinski definition) is 3. The van der Waals surface area contributed by atoms with Gasteiger partial charge in [-0.25, -0.2) is 0 Å². The van der Waals surface area contributed by atoms with Gasteiger partial charge in [-0.3, -0.25) is 9.78 Å². The van der Waals surface area contributed by atoms with E-state index in [1.54, 1.807) is 35.5 Å². The molecule has 92 valence electrons. The average molecular weight is 241 g/mol. The van der Waals surface area contributed by atoms with Crippen LogP contribution in [0.4, 0.5) is 11.4 Å². The Morgan fingerprint density at radius 3 is 2.50 bits per heavy atom. The fourth-order valence-corrected chi connectivity index (χ4v) is 1.81. The lowest BCUT2D eigenvalue weighted by Gasteiger charge is -2.22. The monoisotopic (exact) mass is 241 g/mol. The smallest absolute Gasteiger partial charge is 0.258 e. The largest absolute Gasteiger partial charge is 0.397 e. The zero-order valence-electron chi connectivity index (χ0n) is 10.2. The van der Waals surface area contributed by atoms with Gasteiger partial charge < -0.3 is 10.6 Å². The third kappa shape index (κ3) is 2.32. The first kappa shape index (κ1) is 12.1. The van der Waals surface area contributed by atoms with Crippen molar-refractivity contribution in [3.8, 4) is 0 Å². The number of rotatable bonds is 3. The summed E-state index contributed by atoms with van der Waals surface area (Å²) < 4.78 is 0. The first-order valence-corrected chi connectivity index (χ1v) is 5.80. The molecule has 0 radical (unpaired) electrons. The van der Waals surface area contributed by atoms with Crippen molar-refractivity contribution in [2.24, 2.45) is 0 Å². The number of amides is 1. The maximum atomic E-state index is 12.4. The van der Waals surface area contributed by atoms with Crippen LogP contribution in [0.25, 0.3) is 0 Å². The molecule has 0 aliphatic rings. The van der Waals surface area contributed by atoms with Crippen molar-refractivity contribution < 1.29 is 4.79 Å². The number of benzene rings is 1. The minimum absolute atomic E-state index is 0.0715. The molecular weight excluding hydrogens is 226 g/mol. The molecule has 1 aromatic heterocycles. The minimum Gasteiger partial charge on any atom is -0.397 e. The Morgan fingerprint density at radius 2 is 1.89 bits per heavy atom. The van der Waals surface area contributed by atoms with E-state index in [0.717, 1.165) is 5.69 Å². The zero-order chi connectivity index (χ0) is 13.0. The standard InChI is InChI=1S/C14H15N3O/c1-2-17(13-6-4-3-5-12(13)15)14(18)11-7-9-16-10-8-11/h3-10H,2,15H2,1H3. The van der Waals surface area contributed by atoms with Crippen molar-refractivity contribution in [3.05, 3.63) is 54.4 Å². The second-order valence-electron chi connectivity index (χ2n) is 3.84. The molecule has 0 unspecified atom stereocenters. The molecule has 2 N–H and O–H groups in total. The van der Waals surface area contributed by atoms with Gasteiger partial charge in [0, 0.05) is 24.5 Å². The summed E-state index contributed by atoms with van der Waals surface area (Å²) in [7, 11) is 0. The predicted octanol–water partition coefficient (Wildman–Crippen LogP) is 2.33. The average Bonchev–Trinajstić information content (AvgIpc) is 2.42. The molecule has 18 heavy (non-hydrogen) atoms. The van der Waals surface area contributed by atoms with E-state index in [4.69, 9.17) is 5.73 Å². The van der Waals surface area contributed by atoms with E-state index >= 15 is 0 Å². The Hall–Kier alpha value is -2.36. The molecule has 1 amide bonds. The van der Waals surface area contributed by atoms with E-state index in [0.29, 0.717) is 17.8 Å². The van der Waals surface area contributed by atoms with Crippen LogP contribution in [0.2, 0.25) is 0 Å². The molecule has 2 aromatic rings. The highest BCUT2D eigenvalue weighted by Gasteiger charge is 2.17. The molecule has 0 saturated carbocycles. The van der Waals surface area contributed by atoms with Gasteiger partial charge in [0.25, 0.3) is 5.91 Å². The molecule has 0 aliphatic heterocycles. The van der Waals surface area contributed by atoms with Crippen molar-refractivity contribution in [1.82, 2.24) is 4.98 Å². The number of pyridine rings is 1. The summed E-state index contributed by atoms with van der Waals surface area (Å²) in [6.07, 6.45) is 3.21. The second-order valence-corrected chi connectivity index (χ2v) is 3.84. The first-order chi connectivity index (χ1) is 8.74. The Morgan fingerprint density at radius 1 is 1.22 bits per heavy atom. The predicted molar refractivity (Wildman–Crippen MR) is 72.4 cm³/mol. The van der Waals surface area contributed by atoms with Crippen LogP contribution in [0, 0.1) is 0 Å². The summed E-state index contributed by atoms with van der Waals surface area (Å²) in [5, 5.41) is 0. The van der Waals surface area contributed by atoms with Gasteiger partial charge in [0.15, 0.2) is 0 Å². The molecule has 0 fully saturated rings. The Kier molecular flexibility index (Phi) is 3.57. The first-order valence-electron chi connectivity index (χ1n) is 5.80. The third-order valence-corrected chi connectivity index (χ3v) is 2.72. The minimum atomic E-state index is -0.0715. The Labute approximate surface area is 106 Å². The number of nitrogens with two attached hydrogens (primary N) is 1. The maximum absolute atomic E-state index is 12.4. The quantitative estimate of drug-likeness (QED) is 0.839. The fourth-order valence-electron chi connectivity index (χ4n) is 1.81. The highest BCUT2D eigenvalue weighted by molar-refractivity contribution is 6.07. The van der Waals surface area contributed by atoms with Gasteiger partial charge in [-0.1, -0.05) is 12.1 Å². The van der Waals surface area contributed by atoms with Crippen molar-refractivity contribution in [1.29, 1.82) is 0 Å². The fraction of sp³-hybridized carbons (Fsp3) is 0.143. The second kappa shape index (κ2) is 5.31. The topological polar surface area (TPSA) is 59.2 Å². The highest BCUT2D eigenvalue weighted by atomic mass is 16.2. The number of para-hydroxylation sites is 2. The van der Waals surface area contributed by atoms with Crippen LogP contribution in [0.5, 0.6) is 0 Å². The molecule has 1 aromatic carbocycles. The number of nitrogen functional groups attached to an aromatic ring is 1. The summed E-state index contributed by atoms with van der Waals surface area (Å²) in [5.74, 6) is -0.0715. The van der Waals surface area contributed by atoms with E-state index in [9.17, 15) is 4.79 Å². The van der Waals surface area contributed by atoms with E-state index < -0.39 is 0 Å². The van der Waals surface area contributed by atoms with Gasteiger partial charge >= 0.3 is 0 Å². The van der Waals surface area contributed by atoms with Gasteiger partial charge in [0.05, 0.1) is 11.4 Å². The van der Waals surface area contributed by atoms with Crippen LogP contribution >= 0.6 is 0 Å². The van der Waals surface area contributed by atoms with E-state index in [1.165, 1.54) is 0 Å². The highest BCUT2D eigenvalue weighted by Crippen LogP contribution is 2.23. The molecular formula is C14H15N3O. The number of carbonyl (C=O) groups is 1. The summed E-state index contributed by atoms with van der Waals surface area (Å²) in [6.45, 7) is 2.49. The van der Waals surface area contributed by atoms with Crippen molar-refractivity contribution >= 4 is 17.3 Å². The summed E-state index contributed by atoms with van der Waals surface area (Å²) in [4.78, 5) is 17.9. The van der Waals surface area contributed by atoms with Crippen molar-refractivity contribution in [3.63, 3.8) is 0 Å². The lowest BCUT2D eigenvalue weighted by atomic mass is 10.2. The SMILES string of the molecule is CCN(C(=O)c1ccncc1)c1ccccc1N. The van der Waals surface area contributed by atoms with Gasteiger partial charge in [0.1, 0.15) is 0 Å². The van der Waals surface area contributed by atoms with E-state index in [-0.39, 0.29) is 5.91 Å². The number of aromatic nitrogens is 1. The number of hydrogen-bond donors (Lipinski definition) is 1.